The van der Waals surface area contributed by atoms with Crippen molar-refractivity contribution in [2.75, 3.05) is 0 Å². The lowest BCUT2D eigenvalue weighted by atomic mass is 10.2. The molecule has 0 spiro atoms. The lowest BCUT2D eigenvalue weighted by molar-refractivity contribution is 0.112. The Hall–Kier alpha value is -2.04. The highest BCUT2D eigenvalue weighted by Crippen LogP contribution is 2.19. The minimum Gasteiger partial charge on any atom is -0.298 e. The van der Waals surface area contributed by atoms with Crippen molar-refractivity contribution >= 4 is 6.29 Å². The first kappa shape index (κ1) is 10.5. The number of carbonyl (C=O) groups excluding carboxylic acids is 1. The van der Waals surface area contributed by atoms with Gasteiger partial charge in [-0.1, -0.05) is 0 Å². The smallest absolute Gasteiger partial charge is 0.153 e. The molecule has 0 unspecified atom stereocenters. The van der Waals surface area contributed by atoms with Crippen LogP contribution in [0, 0.1) is 0 Å². The highest BCUT2D eigenvalue weighted by atomic mass is 16.1. The normalized spacial score (nSPS) is 10.7. The molecule has 2 aromatic rings. The second-order valence-electron chi connectivity index (χ2n) is 3.72. The number of rotatable bonds is 3. The van der Waals surface area contributed by atoms with Crippen LogP contribution in [-0.4, -0.2) is 26.0 Å². The van der Waals surface area contributed by atoms with Crippen molar-refractivity contribution in [1.82, 2.24) is 19.7 Å². The van der Waals surface area contributed by atoms with Gasteiger partial charge in [-0.3, -0.25) is 19.4 Å². The van der Waals surface area contributed by atoms with Crippen molar-refractivity contribution in [3.63, 3.8) is 0 Å². The Morgan fingerprint density at radius 2 is 2.19 bits per heavy atom. The van der Waals surface area contributed by atoms with Crippen LogP contribution in [0.1, 0.15) is 30.2 Å². The molecule has 0 aliphatic rings. The molecule has 0 saturated heterocycles. The van der Waals surface area contributed by atoms with Crippen molar-refractivity contribution in [3.8, 4) is 11.4 Å². The summed E-state index contributed by atoms with van der Waals surface area (Å²) in [5.74, 6) is 0. The van der Waals surface area contributed by atoms with E-state index in [9.17, 15) is 4.79 Å². The van der Waals surface area contributed by atoms with Gasteiger partial charge >= 0.3 is 0 Å². The highest BCUT2D eigenvalue weighted by molar-refractivity contribution is 5.84. The maximum absolute atomic E-state index is 10.9. The number of hydrogen-bond donors (Lipinski definition) is 0. The molecule has 0 N–H and O–H groups in total. The zero-order valence-electron chi connectivity index (χ0n) is 9.16. The van der Waals surface area contributed by atoms with E-state index in [2.05, 4.69) is 15.1 Å². The van der Waals surface area contributed by atoms with Gasteiger partial charge in [0, 0.05) is 24.6 Å². The van der Waals surface area contributed by atoms with Gasteiger partial charge in [-0.15, -0.1) is 0 Å². The van der Waals surface area contributed by atoms with Crippen molar-refractivity contribution < 1.29 is 4.79 Å². The molecule has 0 aromatic carbocycles. The van der Waals surface area contributed by atoms with Crippen LogP contribution in [0.4, 0.5) is 0 Å². The third-order valence-corrected chi connectivity index (χ3v) is 2.22. The van der Waals surface area contributed by atoms with E-state index in [0.717, 1.165) is 6.29 Å². The van der Waals surface area contributed by atoms with Crippen LogP contribution >= 0.6 is 0 Å². The molecule has 82 valence electrons. The molecule has 0 amide bonds. The third-order valence-electron chi connectivity index (χ3n) is 2.22. The van der Waals surface area contributed by atoms with Crippen molar-refractivity contribution in [1.29, 1.82) is 0 Å². The van der Waals surface area contributed by atoms with E-state index in [1.165, 1.54) is 0 Å². The second kappa shape index (κ2) is 4.22. The van der Waals surface area contributed by atoms with Gasteiger partial charge in [0.15, 0.2) is 6.29 Å². The molecule has 5 nitrogen and oxygen atoms in total. The van der Waals surface area contributed by atoms with Gasteiger partial charge in [0.1, 0.15) is 11.4 Å². The average molecular weight is 216 g/mol. The Morgan fingerprint density at radius 1 is 1.38 bits per heavy atom. The van der Waals surface area contributed by atoms with Gasteiger partial charge in [0.2, 0.25) is 0 Å². The molecule has 0 fully saturated rings. The standard InChI is InChI=1S/C11H12N4O/c1-8(2)15-6-9(7-16)11(14-15)10-5-12-3-4-13-10/h3-8H,1-2H3. The summed E-state index contributed by atoms with van der Waals surface area (Å²) in [7, 11) is 0. The van der Waals surface area contributed by atoms with E-state index in [1.54, 1.807) is 29.5 Å². The van der Waals surface area contributed by atoms with Crippen LogP contribution in [0.3, 0.4) is 0 Å². The van der Waals surface area contributed by atoms with Gasteiger partial charge in [0.25, 0.3) is 0 Å². The van der Waals surface area contributed by atoms with Crippen LogP contribution in [0.5, 0.6) is 0 Å². The minimum absolute atomic E-state index is 0.212. The molecule has 5 heteroatoms. The zero-order valence-corrected chi connectivity index (χ0v) is 9.16. The molecule has 0 aliphatic carbocycles. The summed E-state index contributed by atoms with van der Waals surface area (Å²) in [4.78, 5) is 19.0. The summed E-state index contributed by atoms with van der Waals surface area (Å²) >= 11 is 0. The average Bonchev–Trinajstić information content (AvgIpc) is 2.74. The SMILES string of the molecule is CC(C)n1cc(C=O)c(-c2cnccn2)n1. The Morgan fingerprint density at radius 3 is 2.75 bits per heavy atom. The van der Waals surface area contributed by atoms with E-state index >= 15 is 0 Å². The Labute approximate surface area is 93.2 Å². The summed E-state index contributed by atoms with van der Waals surface area (Å²) in [6.45, 7) is 4.00. The van der Waals surface area contributed by atoms with Crippen LogP contribution < -0.4 is 0 Å². The van der Waals surface area contributed by atoms with Gasteiger partial charge < -0.3 is 0 Å². The van der Waals surface area contributed by atoms with Crippen LogP contribution in [0.25, 0.3) is 11.4 Å². The molecular formula is C11H12N4O. The molecular weight excluding hydrogens is 204 g/mol. The molecule has 16 heavy (non-hydrogen) atoms. The third kappa shape index (κ3) is 1.84. The van der Waals surface area contributed by atoms with E-state index in [-0.39, 0.29) is 6.04 Å². The molecule has 0 saturated carbocycles. The maximum Gasteiger partial charge on any atom is 0.153 e. The predicted molar refractivity (Wildman–Crippen MR) is 59.0 cm³/mol. The van der Waals surface area contributed by atoms with Crippen molar-refractivity contribution in [2.24, 2.45) is 0 Å². The number of carbonyl (C=O) groups is 1. The van der Waals surface area contributed by atoms with E-state index in [4.69, 9.17) is 0 Å². The van der Waals surface area contributed by atoms with Crippen molar-refractivity contribution in [2.45, 2.75) is 19.9 Å². The quantitative estimate of drug-likeness (QED) is 0.733. The molecule has 2 rings (SSSR count). The highest BCUT2D eigenvalue weighted by Gasteiger charge is 2.12. The fourth-order valence-electron chi connectivity index (χ4n) is 1.38. The second-order valence-corrected chi connectivity index (χ2v) is 3.72. The summed E-state index contributed by atoms with van der Waals surface area (Å²) in [5.41, 5.74) is 1.73. The maximum atomic E-state index is 10.9. The molecule has 0 atom stereocenters. The minimum atomic E-state index is 0.212. The van der Waals surface area contributed by atoms with E-state index in [1.807, 2.05) is 13.8 Å². The number of aromatic nitrogens is 4. The molecule has 0 aliphatic heterocycles. The van der Waals surface area contributed by atoms with Gasteiger partial charge in [-0.25, -0.2) is 0 Å². The Bertz CT molecular complexity index is 490. The first-order valence-corrected chi connectivity index (χ1v) is 5.03. The number of aldehydes is 1. The predicted octanol–water partition coefficient (Wildman–Crippen LogP) is 1.73. The first-order valence-electron chi connectivity index (χ1n) is 5.03. The fourth-order valence-corrected chi connectivity index (χ4v) is 1.38. The summed E-state index contributed by atoms with van der Waals surface area (Å²) in [6.07, 6.45) is 7.28. The topological polar surface area (TPSA) is 60.7 Å². The Kier molecular flexibility index (Phi) is 2.76. The van der Waals surface area contributed by atoms with Gasteiger partial charge in [0.05, 0.1) is 11.8 Å². The lowest BCUT2D eigenvalue weighted by Crippen LogP contribution is -2.00. The van der Waals surface area contributed by atoms with Crippen molar-refractivity contribution in [3.05, 3.63) is 30.4 Å². The van der Waals surface area contributed by atoms with Gasteiger partial charge in [-0.05, 0) is 13.8 Å². The largest absolute Gasteiger partial charge is 0.298 e. The van der Waals surface area contributed by atoms with Crippen LogP contribution in [0.15, 0.2) is 24.8 Å². The summed E-state index contributed by atoms with van der Waals surface area (Å²) < 4.78 is 1.74. The van der Waals surface area contributed by atoms with Gasteiger partial charge in [-0.2, -0.15) is 5.10 Å². The van der Waals surface area contributed by atoms with E-state index in [0.29, 0.717) is 17.0 Å². The Balaban J connectivity index is 2.52. The zero-order chi connectivity index (χ0) is 11.5. The monoisotopic (exact) mass is 216 g/mol. The van der Waals surface area contributed by atoms with E-state index < -0.39 is 0 Å². The molecule has 0 radical (unpaired) electrons. The first-order chi connectivity index (χ1) is 7.72. The number of hydrogen-bond acceptors (Lipinski definition) is 4. The molecule has 2 heterocycles. The summed E-state index contributed by atoms with van der Waals surface area (Å²) in [6, 6.07) is 0.212. The number of nitrogens with zero attached hydrogens (tertiary/aromatic N) is 4. The lowest BCUT2D eigenvalue weighted by Gasteiger charge is -2.03. The fraction of sp³-hybridized carbons (Fsp3) is 0.273. The van der Waals surface area contributed by atoms with Crippen LogP contribution in [0.2, 0.25) is 0 Å². The molecule has 0 bridgehead atoms. The molecule has 2 aromatic heterocycles. The van der Waals surface area contributed by atoms with Crippen LogP contribution in [-0.2, 0) is 0 Å². The summed E-state index contributed by atoms with van der Waals surface area (Å²) in [5, 5.41) is 4.33.